The summed E-state index contributed by atoms with van der Waals surface area (Å²) in [7, 11) is 31.5. The first-order chi connectivity index (χ1) is 23.4. The quantitative estimate of drug-likeness (QED) is 0.204. The maximum Gasteiger partial charge on any atom is 0.114 e. The van der Waals surface area contributed by atoms with E-state index in [1.807, 2.05) is 18.2 Å². The van der Waals surface area contributed by atoms with Gasteiger partial charge in [-0.05, 0) is 85.3 Å². The van der Waals surface area contributed by atoms with Gasteiger partial charge in [0.1, 0.15) is 45.1 Å². The molecule has 1 heterocycles. The van der Waals surface area contributed by atoms with Crippen LogP contribution in [0.25, 0.3) is 71.6 Å². The van der Waals surface area contributed by atoms with Gasteiger partial charge < -0.3 is 0 Å². The van der Waals surface area contributed by atoms with Crippen molar-refractivity contribution in [2.24, 2.45) is 0 Å². The van der Waals surface area contributed by atoms with Gasteiger partial charge in [0.15, 0.2) is 0 Å². The predicted octanol–water partition coefficient (Wildman–Crippen LogP) is 4.86. The van der Waals surface area contributed by atoms with Crippen molar-refractivity contribution in [2.75, 3.05) is 0 Å². The van der Waals surface area contributed by atoms with Crippen molar-refractivity contribution < 1.29 is 0 Å². The number of aryl methyl sites for hydroxylation is 1. The minimum Gasteiger partial charge on any atom is -0.296 e. The lowest BCUT2D eigenvalue weighted by molar-refractivity contribution is 0.908. The number of hydrogen-bond donors (Lipinski definition) is 0. The molecule has 0 N–H and O–H groups in total. The first kappa shape index (κ1) is 30.2. The molecule has 214 valence electrons. The molecule has 0 spiro atoms. The molecule has 0 atom stereocenters. The molecule has 48 heavy (non-hydrogen) atoms. The standard InChI is InChI=1S/C41H25B5N2/c1-2-33-47-31-16-7-8-17-32(31)48(33)26-20-18-23(19-21-26)34-27-12-3-5-14-29(27)35(30-15-6-4-13-28(30)34)24-10-9-11-25(22-24)36-37(42)39(44)41(46)40(45)38(36)43/h3-22H,2H2,1H3. The number of imidazole rings is 1. The smallest absolute Gasteiger partial charge is 0.114 e. The molecule has 0 unspecified atom stereocenters. The van der Waals surface area contributed by atoms with Crippen LogP contribution in [-0.2, 0) is 6.42 Å². The van der Waals surface area contributed by atoms with E-state index in [-0.39, 0.29) is 16.4 Å². The maximum absolute atomic E-state index is 6.48. The van der Waals surface area contributed by atoms with Crippen LogP contribution in [0.2, 0.25) is 0 Å². The van der Waals surface area contributed by atoms with Crippen LogP contribution < -0.4 is 27.3 Å². The molecule has 8 aromatic rings. The summed E-state index contributed by atoms with van der Waals surface area (Å²) in [4.78, 5) is 4.89. The fourth-order valence-electron chi connectivity index (χ4n) is 7.12. The van der Waals surface area contributed by atoms with E-state index in [1.165, 1.54) is 5.56 Å². The van der Waals surface area contributed by atoms with Crippen LogP contribution in [0.3, 0.4) is 0 Å². The molecule has 8 rings (SSSR count). The molecule has 7 heteroatoms. The topological polar surface area (TPSA) is 17.8 Å². The van der Waals surface area contributed by atoms with Gasteiger partial charge >= 0.3 is 0 Å². The summed E-state index contributed by atoms with van der Waals surface area (Å²) in [6.07, 6.45) is 0.840. The third kappa shape index (κ3) is 4.67. The zero-order valence-corrected chi connectivity index (χ0v) is 26.5. The molecule has 0 saturated heterocycles. The van der Waals surface area contributed by atoms with Gasteiger partial charge in [0.2, 0.25) is 0 Å². The Morgan fingerprint density at radius 1 is 0.479 bits per heavy atom. The van der Waals surface area contributed by atoms with E-state index >= 15 is 0 Å². The van der Waals surface area contributed by atoms with Crippen molar-refractivity contribution in [3.05, 3.63) is 127 Å². The Kier molecular flexibility index (Phi) is 7.44. The van der Waals surface area contributed by atoms with Crippen LogP contribution in [0.15, 0.2) is 121 Å². The summed E-state index contributed by atoms with van der Waals surface area (Å²) in [6.45, 7) is 2.14. The second-order valence-corrected chi connectivity index (χ2v) is 12.1. The molecular weight excluding hydrogens is 575 g/mol. The van der Waals surface area contributed by atoms with Gasteiger partial charge in [0, 0.05) is 12.1 Å². The monoisotopic (exact) mass is 600 g/mol. The second kappa shape index (κ2) is 11.8. The summed E-state index contributed by atoms with van der Waals surface area (Å²) < 4.78 is 2.26. The lowest BCUT2D eigenvalue weighted by atomic mass is 9.59. The summed E-state index contributed by atoms with van der Waals surface area (Å²) in [5.41, 5.74) is 10.4. The summed E-state index contributed by atoms with van der Waals surface area (Å²) in [5, 5.41) is 4.59. The molecule has 1 aromatic heterocycles. The molecule has 0 aliphatic carbocycles. The fourth-order valence-corrected chi connectivity index (χ4v) is 7.12. The summed E-state index contributed by atoms with van der Waals surface area (Å²) >= 11 is 0. The van der Waals surface area contributed by atoms with Gasteiger partial charge in [0.25, 0.3) is 0 Å². The molecule has 2 nitrogen and oxygen atoms in total. The predicted molar refractivity (Wildman–Crippen MR) is 209 cm³/mol. The van der Waals surface area contributed by atoms with Crippen LogP contribution >= 0.6 is 0 Å². The van der Waals surface area contributed by atoms with E-state index in [0.717, 1.165) is 72.8 Å². The maximum atomic E-state index is 6.48. The minimum atomic E-state index is 0.203. The third-order valence-corrected chi connectivity index (χ3v) is 9.43. The molecule has 0 saturated carbocycles. The highest BCUT2D eigenvalue weighted by atomic mass is 15.1. The minimum absolute atomic E-state index is 0.203. The molecule has 0 fully saturated rings. The normalized spacial score (nSPS) is 11.5. The Morgan fingerprint density at radius 2 is 0.958 bits per heavy atom. The zero-order chi connectivity index (χ0) is 33.1. The first-order valence-electron chi connectivity index (χ1n) is 16.0. The number of rotatable bonds is 5. The molecule has 0 aliphatic heterocycles. The Morgan fingerprint density at radius 3 is 1.52 bits per heavy atom. The van der Waals surface area contributed by atoms with Crippen LogP contribution in [0.4, 0.5) is 0 Å². The number of para-hydroxylation sites is 2. The van der Waals surface area contributed by atoms with Crippen LogP contribution in [0.1, 0.15) is 12.7 Å². The van der Waals surface area contributed by atoms with Gasteiger partial charge in [-0.3, -0.25) is 4.57 Å². The fraction of sp³-hybridized carbons (Fsp3) is 0.0488. The van der Waals surface area contributed by atoms with E-state index in [9.17, 15) is 0 Å². The zero-order valence-electron chi connectivity index (χ0n) is 26.5. The van der Waals surface area contributed by atoms with E-state index < -0.39 is 0 Å². The Bertz CT molecular complexity index is 2470. The van der Waals surface area contributed by atoms with Crippen molar-refractivity contribution >= 4 is 99.1 Å². The van der Waals surface area contributed by atoms with Gasteiger partial charge in [0.05, 0.1) is 11.0 Å². The van der Waals surface area contributed by atoms with Gasteiger partial charge in [-0.25, -0.2) is 4.98 Å². The lowest BCUT2D eigenvalue weighted by Crippen LogP contribution is -2.55. The molecule has 10 radical (unpaired) electrons. The number of fused-ring (bicyclic) bond motifs is 3. The highest BCUT2D eigenvalue weighted by Gasteiger charge is 2.19. The van der Waals surface area contributed by atoms with Crippen molar-refractivity contribution in [3.8, 4) is 39.1 Å². The van der Waals surface area contributed by atoms with Gasteiger partial charge in [-0.2, -0.15) is 0 Å². The first-order valence-corrected chi connectivity index (χ1v) is 16.0. The molecule has 0 bridgehead atoms. The highest BCUT2D eigenvalue weighted by Crippen LogP contribution is 2.44. The average molecular weight is 600 g/mol. The SMILES string of the molecule is [B]c1c([B])c([B])c(-c2cccc(-c3c4ccccc4c(-c4ccc(-n5c(CC)nc6ccccc65)cc4)c4ccccc34)c2)c([B])c1[B]. The average Bonchev–Trinajstić information content (AvgIpc) is 3.51. The van der Waals surface area contributed by atoms with Gasteiger partial charge in [-0.15, -0.1) is 16.4 Å². The van der Waals surface area contributed by atoms with Crippen LogP contribution in [0.5, 0.6) is 0 Å². The van der Waals surface area contributed by atoms with E-state index in [1.54, 1.807) is 0 Å². The summed E-state index contributed by atoms with van der Waals surface area (Å²) in [5.74, 6) is 1.04. The summed E-state index contributed by atoms with van der Waals surface area (Å²) in [6, 6.07) is 42.5. The van der Waals surface area contributed by atoms with Gasteiger partial charge in [-0.1, -0.05) is 109 Å². The Labute approximate surface area is 287 Å². The van der Waals surface area contributed by atoms with Crippen LogP contribution in [-0.4, -0.2) is 48.8 Å². The number of hydrogen-bond acceptors (Lipinski definition) is 1. The van der Waals surface area contributed by atoms with Crippen molar-refractivity contribution in [2.45, 2.75) is 13.3 Å². The number of aromatic nitrogens is 2. The van der Waals surface area contributed by atoms with Crippen molar-refractivity contribution in [3.63, 3.8) is 0 Å². The largest absolute Gasteiger partial charge is 0.296 e. The van der Waals surface area contributed by atoms with E-state index in [2.05, 4.69) is 115 Å². The Balaban J connectivity index is 1.33. The molecule has 0 aliphatic rings. The second-order valence-electron chi connectivity index (χ2n) is 12.1. The molecule has 7 aromatic carbocycles. The van der Waals surface area contributed by atoms with Crippen LogP contribution in [0, 0.1) is 0 Å². The highest BCUT2D eigenvalue weighted by molar-refractivity contribution is 6.68. The number of nitrogens with zero attached hydrogens (tertiary/aromatic N) is 2. The van der Waals surface area contributed by atoms with E-state index in [4.69, 9.17) is 44.2 Å². The lowest BCUT2D eigenvalue weighted by Gasteiger charge is -2.22. The Hall–Kier alpha value is -5.15. The third-order valence-electron chi connectivity index (χ3n) is 9.43. The van der Waals surface area contributed by atoms with Crippen molar-refractivity contribution in [1.29, 1.82) is 0 Å². The van der Waals surface area contributed by atoms with E-state index in [0.29, 0.717) is 16.5 Å². The van der Waals surface area contributed by atoms with Crippen molar-refractivity contribution in [1.82, 2.24) is 9.55 Å². The molecular formula is C41H25B5N2. The molecule has 0 amide bonds. The number of benzene rings is 7.